The first-order valence-corrected chi connectivity index (χ1v) is 8.49. The van der Waals surface area contributed by atoms with Gasteiger partial charge in [-0.05, 0) is 52.0 Å². The average molecular weight is 319 g/mol. The van der Waals surface area contributed by atoms with E-state index in [9.17, 15) is 4.79 Å². The molecule has 5 nitrogen and oxygen atoms in total. The summed E-state index contributed by atoms with van der Waals surface area (Å²) in [5, 5.41) is 3.59. The number of amides is 1. The van der Waals surface area contributed by atoms with Gasteiger partial charge >= 0.3 is 6.09 Å². The fourth-order valence-corrected chi connectivity index (χ4v) is 2.78. The van der Waals surface area contributed by atoms with Crippen LogP contribution in [0.4, 0.5) is 4.79 Å². The summed E-state index contributed by atoms with van der Waals surface area (Å²) in [5.41, 5.74) is 1.03. The minimum atomic E-state index is -0.195. The molecule has 1 fully saturated rings. The van der Waals surface area contributed by atoms with Gasteiger partial charge in [0, 0.05) is 19.1 Å². The second kappa shape index (κ2) is 9.53. The lowest BCUT2D eigenvalue weighted by Crippen LogP contribution is -2.45. The van der Waals surface area contributed by atoms with Crippen molar-refractivity contribution in [2.75, 3.05) is 40.3 Å². The Morgan fingerprint density at radius 2 is 1.96 bits per heavy atom. The van der Waals surface area contributed by atoms with Gasteiger partial charge < -0.3 is 19.9 Å². The van der Waals surface area contributed by atoms with Gasteiger partial charge in [0.2, 0.25) is 0 Å². The van der Waals surface area contributed by atoms with Crippen molar-refractivity contribution >= 4 is 6.09 Å². The molecule has 0 aromatic heterocycles. The number of ether oxygens (including phenoxy) is 1. The van der Waals surface area contributed by atoms with Gasteiger partial charge in [-0.3, -0.25) is 0 Å². The highest BCUT2D eigenvalue weighted by Gasteiger charge is 2.23. The summed E-state index contributed by atoms with van der Waals surface area (Å²) in [7, 11) is 4.19. The number of benzene rings is 1. The van der Waals surface area contributed by atoms with E-state index in [-0.39, 0.29) is 6.09 Å². The molecule has 0 atom stereocenters. The quantitative estimate of drug-likeness (QED) is 0.784. The maximum atomic E-state index is 12.1. The molecular weight excluding hydrogens is 290 g/mol. The van der Waals surface area contributed by atoms with Crippen molar-refractivity contribution in [2.24, 2.45) is 0 Å². The Kier molecular flexibility index (Phi) is 7.36. The summed E-state index contributed by atoms with van der Waals surface area (Å²) in [6, 6.07) is 10.3. The molecule has 1 amide bonds. The van der Waals surface area contributed by atoms with Gasteiger partial charge in [-0.25, -0.2) is 4.79 Å². The third kappa shape index (κ3) is 6.59. The number of likely N-dealkylation sites (tertiary alicyclic amines) is 1. The zero-order valence-electron chi connectivity index (χ0n) is 14.3. The van der Waals surface area contributed by atoms with E-state index in [2.05, 4.69) is 24.3 Å². The summed E-state index contributed by atoms with van der Waals surface area (Å²) < 4.78 is 5.39. The Balaban J connectivity index is 1.61. The molecule has 1 aromatic carbocycles. The van der Waals surface area contributed by atoms with Crippen molar-refractivity contribution in [3.05, 3.63) is 35.9 Å². The molecule has 0 unspecified atom stereocenters. The number of hydrogen-bond donors (Lipinski definition) is 1. The molecule has 1 aliphatic rings. The van der Waals surface area contributed by atoms with E-state index in [1.165, 1.54) is 0 Å². The highest BCUT2D eigenvalue weighted by Crippen LogP contribution is 2.12. The molecular formula is C18H29N3O2. The van der Waals surface area contributed by atoms with Crippen molar-refractivity contribution in [3.63, 3.8) is 0 Å². The normalized spacial score (nSPS) is 15.9. The van der Waals surface area contributed by atoms with Gasteiger partial charge in [0.15, 0.2) is 0 Å². The van der Waals surface area contributed by atoms with Crippen molar-refractivity contribution in [3.8, 4) is 0 Å². The first-order chi connectivity index (χ1) is 11.1. The second-order valence-corrected chi connectivity index (χ2v) is 6.41. The Morgan fingerprint density at radius 3 is 2.61 bits per heavy atom. The van der Waals surface area contributed by atoms with Crippen LogP contribution in [-0.2, 0) is 11.3 Å². The monoisotopic (exact) mass is 319 g/mol. The predicted molar refractivity (Wildman–Crippen MR) is 92.4 cm³/mol. The average Bonchev–Trinajstić information content (AvgIpc) is 2.58. The number of nitrogens with one attached hydrogen (secondary N) is 1. The van der Waals surface area contributed by atoms with E-state index in [0.29, 0.717) is 12.6 Å². The third-order valence-electron chi connectivity index (χ3n) is 4.17. The van der Waals surface area contributed by atoms with Crippen molar-refractivity contribution < 1.29 is 9.53 Å². The standard InChI is InChI=1S/C18H29N3O2/c1-20(2)12-6-11-19-17-9-13-21(14-10-17)18(22)23-15-16-7-4-3-5-8-16/h3-5,7-8,17,19H,6,9-15H2,1-2H3. The summed E-state index contributed by atoms with van der Waals surface area (Å²) in [4.78, 5) is 16.1. The molecule has 0 aliphatic carbocycles. The lowest BCUT2D eigenvalue weighted by molar-refractivity contribution is 0.0853. The summed E-state index contributed by atoms with van der Waals surface area (Å²) in [6.07, 6.45) is 2.97. The van der Waals surface area contributed by atoms with Gasteiger partial charge in [-0.1, -0.05) is 30.3 Å². The van der Waals surface area contributed by atoms with Crippen LogP contribution in [0.2, 0.25) is 0 Å². The van der Waals surface area contributed by atoms with Crippen LogP contribution < -0.4 is 5.32 Å². The number of rotatable bonds is 7. The molecule has 128 valence electrons. The lowest BCUT2D eigenvalue weighted by Gasteiger charge is -2.32. The first-order valence-electron chi connectivity index (χ1n) is 8.49. The van der Waals surface area contributed by atoms with Gasteiger partial charge in [-0.15, -0.1) is 0 Å². The molecule has 1 N–H and O–H groups in total. The molecule has 23 heavy (non-hydrogen) atoms. The molecule has 0 bridgehead atoms. The zero-order valence-corrected chi connectivity index (χ0v) is 14.3. The molecule has 2 rings (SSSR count). The number of hydrogen-bond acceptors (Lipinski definition) is 4. The largest absolute Gasteiger partial charge is 0.445 e. The summed E-state index contributed by atoms with van der Waals surface area (Å²) in [5.74, 6) is 0. The van der Waals surface area contributed by atoms with Gasteiger partial charge in [-0.2, -0.15) is 0 Å². The number of piperidine rings is 1. The first kappa shape index (κ1) is 17.8. The molecule has 5 heteroatoms. The van der Waals surface area contributed by atoms with Crippen molar-refractivity contribution in [1.82, 2.24) is 15.1 Å². The van der Waals surface area contributed by atoms with Gasteiger partial charge in [0.1, 0.15) is 6.61 Å². The smallest absolute Gasteiger partial charge is 0.410 e. The Hall–Kier alpha value is -1.59. The fourth-order valence-electron chi connectivity index (χ4n) is 2.78. The van der Waals surface area contributed by atoms with E-state index in [0.717, 1.165) is 51.0 Å². The van der Waals surface area contributed by atoms with Crippen LogP contribution >= 0.6 is 0 Å². The van der Waals surface area contributed by atoms with Crippen LogP contribution in [-0.4, -0.2) is 62.2 Å². The van der Waals surface area contributed by atoms with Crippen molar-refractivity contribution in [1.29, 1.82) is 0 Å². The SMILES string of the molecule is CN(C)CCCNC1CCN(C(=O)OCc2ccccc2)CC1. The minimum absolute atomic E-state index is 0.195. The summed E-state index contributed by atoms with van der Waals surface area (Å²) in [6.45, 7) is 4.05. The van der Waals surface area contributed by atoms with Crippen LogP contribution in [0.5, 0.6) is 0 Å². The highest BCUT2D eigenvalue weighted by molar-refractivity contribution is 5.67. The molecule has 1 aromatic rings. The predicted octanol–water partition coefficient (Wildman–Crippen LogP) is 2.33. The molecule has 0 spiro atoms. The van der Waals surface area contributed by atoms with Crippen LogP contribution in [0.25, 0.3) is 0 Å². The molecule has 1 saturated heterocycles. The van der Waals surface area contributed by atoms with E-state index < -0.39 is 0 Å². The minimum Gasteiger partial charge on any atom is -0.445 e. The Morgan fingerprint density at radius 1 is 1.26 bits per heavy atom. The van der Waals surface area contributed by atoms with Crippen molar-refractivity contribution in [2.45, 2.75) is 31.9 Å². The second-order valence-electron chi connectivity index (χ2n) is 6.41. The highest BCUT2D eigenvalue weighted by atomic mass is 16.6. The third-order valence-corrected chi connectivity index (χ3v) is 4.17. The Labute approximate surface area is 139 Å². The van der Waals surface area contributed by atoms with Gasteiger partial charge in [0.05, 0.1) is 0 Å². The number of carbonyl (C=O) groups excluding carboxylic acids is 1. The maximum Gasteiger partial charge on any atom is 0.410 e. The molecule has 0 radical (unpaired) electrons. The molecule has 0 saturated carbocycles. The lowest BCUT2D eigenvalue weighted by atomic mass is 10.1. The Bertz CT molecular complexity index is 457. The van der Waals surface area contributed by atoms with E-state index in [4.69, 9.17) is 4.74 Å². The van der Waals surface area contributed by atoms with Gasteiger partial charge in [0.25, 0.3) is 0 Å². The van der Waals surface area contributed by atoms with E-state index in [1.54, 1.807) is 0 Å². The zero-order chi connectivity index (χ0) is 16.5. The van der Waals surface area contributed by atoms with Crippen LogP contribution in [0, 0.1) is 0 Å². The van der Waals surface area contributed by atoms with Crippen LogP contribution in [0.3, 0.4) is 0 Å². The summed E-state index contributed by atoms with van der Waals surface area (Å²) >= 11 is 0. The molecule has 1 heterocycles. The topological polar surface area (TPSA) is 44.8 Å². The number of carbonyl (C=O) groups is 1. The van der Waals surface area contributed by atoms with E-state index >= 15 is 0 Å². The fraction of sp³-hybridized carbons (Fsp3) is 0.611. The number of nitrogens with zero attached hydrogens (tertiary/aromatic N) is 2. The van der Waals surface area contributed by atoms with Crippen LogP contribution in [0.15, 0.2) is 30.3 Å². The molecule has 1 aliphatic heterocycles. The van der Waals surface area contributed by atoms with Crippen LogP contribution in [0.1, 0.15) is 24.8 Å². The maximum absolute atomic E-state index is 12.1. The van der Waals surface area contributed by atoms with E-state index in [1.807, 2.05) is 35.2 Å².